The van der Waals surface area contributed by atoms with Crippen LogP contribution in [-0.2, 0) is 16.5 Å². The van der Waals surface area contributed by atoms with E-state index in [2.05, 4.69) is 0 Å². The SMILES string of the molecule is N#Cc1cc(-c2ccccc2)ccc1C[SH](=O)=O. The van der Waals surface area contributed by atoms with E-state index in [9.17, 15) is 8.42 Å². The fraction of sp³-hybridized carbons (Fsp3) is 0.0714. The van der Waals surface area contributed by atoms with E-state index < -0.39 is 10.7 Å². The average Bonchev–Trinajstić information content (AvgIpc) is 2.39. The van der Waals surface area contributed by atoms with Crippen molar-refractivity contribution in [1.82, 2.24) is 0 Å². The van der Waals surface area contributed by atoms with E-state index >= 15 is 0 Å². The van der Waals surface area contributed by atoms with Gasteiger partial charge in [-0.05, 0) is 22.8 Å². The van der Waals surface area contributed by atoms with E-state index in [1.165, 1.54) is 0 Å². The lowest BCUT2D eigenvalue weighted by atomic mass is 10.0. The minimum atomic E-state index is -2.51. The number of rotatable bonds is 3. The summed E-state index contributed by atoms with van der Waals surface area (Å²) in [5.41, 5.74) is 2.88. The number of nitrogens with zero attached hydrogens (tertiary/aromatic N) is 1. The maximum absolute atomic E-state index is 10.7. The van der Waals surface area contributed by atoms with Crippen LogP contribution in [0, 0.1) is 11.3 Å². The van der Waals surface area contributed by atoms with Gasteiger partial charge in [0.25, 0.3) is 0 Å². The van der Waals surface area contributed by atoms with Gasteiger partial charge in [0.15, 0.2) is 0 Å². The zero-order valence-electron chi connectivity index (χ0n) is 9.54. The molecule has 0 atom stereocenters. The molecule has 0 spiro atoms. The van der Waals surface area contributed by atoms with E-state index in [-0.39, 0.29) is 5.75 Å². The van der Waals surface area contributed by atoms with E-state index in [0.717, 1.165) is 11.1 Å². The first-order valence-electron chi connectivity index (χ1n) is 5.41. The first-order valence-corrected chi connectivity index (χ1v) is 6.77. The molecule has 2 aromatic rings. The van der Waals surface area contributed by atoms with Crippen LogP contribution in [-0.4, -0.2) is 8.42 Å². The highest BCUT2D eigenvalue weighted by Gasteiger charge is 2.05. The summed E-state index contributed by atoms with van der Waals surface area (Å²) in [6.45, 7) is 0. The van der Waals surface area contributed by atoms with Crippen LogP contribution in [0.3, 0.4) is 0 Å². The molecule has 0 saturated carbocycles. The molecule has 0 aliphatic heterocycles. The van der Waals surface area contributed by atoms with Gasteiger partial charge in [-0.3, -0.25) is 0 Å². The van der Waals surface area contributed by atoms with Gasteiger partial charge in [-0.2, -0.15) is 5.26 Å². The molecule has 0 aliphatic carbocycles. The number of nitriles is 1. The monoisotopic (exact) mass is 257 g/mol. The molecule has 90 valence electrons. The summed E-state index contributed by atoms with van der Waals surface area (Å²) < 4.78 is 21.4. The van der Waals surface area contributed by atoms with Crippen molar-refractivity contribution in [3.63, 3.8) is 0 Å². The van der Waals surface area contributed by atoms with Crippen molar-refractivity contribution in [2.75, 3.05) is 0 Å². The largest absolute Gasteiger partial charge is 0.232 e. The van der Waals surface area contributed by atoms with Crippen LogP contribution in [0.25, 0.3) is 11.1 Å². The van der Waals surface area contributed by atoms with E-state index in [1.807, 2.05) is 42.5 Å². The Morgan fingerprint density at radius 2 is 1.72 bits per heavy atom. The summed E-state index contributed by atoms with van der Waals surface area (Å²) in [4.78, 5) is 0. The molecular weight excluding hydrogens is 246 g/mol. The van der Waals surface area contributed by atoms with Gasteiger partial charge in [-0.25, -0.2) is 8.42 Å². The fourth-order valence-corrected chi connectivity index (χ4v) is 2.32. The molecule has 0 N–H and O–H groups in total. The minimum absolute atomic E-state index is 0.0900. The van der Waals surface area contributed by atoms with Crippen molar-refractivity contribution in [1.29, 1.82) is 5.26 Å². The Labute approximate surface area is 107 Å². The van der Waals surface area contributed by atoms with Gasteiger partial charge in [-0.1, -0.05) is 42.5 Å². The number of thiol groups is 1. The van der Waals surface area contributed by atoms with Crippen molar-refractivity contribution in [3.05, 3.63) is 59.7 Å². The summed E-state index contributed by atoms with van der Waals surface area (Å²) >= 11 is 0. The van der Waals surface area contributed by atoms with Crippen molar-refractivity contribution >= 4 is 10.7 Å². The van der Waals surface area contributed by atoms with Gasteiger partial charge in [0.2, 0.25) is 0 Å². The summed E-state index contributed by atoms with van der Waals surface area (Å²) in [5.74, 6) is -0.0900. The zero-order valence-corrected chi connectivity index (χ0v) is 10.4. The molecule has 0 amide bonds. The second-order valence-electron chi connectivity index (χ2n) is 3.84. The Kier molecular flexibility index (Phi) is 3.75. The lowest BCUT2D eigenvalue weighted by Gasteiger charge is -2.05. The van der Waals surface area contributed by atoms with Gasteiger partial charge in [-0.15, -0.1) is 0 Å². The first-order chi connectivity index (χ1) is 8.70. The maximum Gasteiger partial charge on any atom is 0.144 e. The van der Waals surface area contributed by atoms with Crippen LogP contribution in [0.5, 0.6) is 0 Å². The number of hydrogen-bond acceptors (Lipinski definition) is 3. The summed E-state index contributed by atoms with van der Waals surface area (Å²) in [6.07, 6.45) is 0. The first kappa shape index (κ1) is 12.3. The number of hydrogen-bond donors (Lipinski definition) is 1. The smallest absolute Gasteiger partial charge is 0.144 e. The molecule has 0 heterocycles. The van der Waals surface area contributed by atoms with E-state index in [1.54, 1.807) is 12.1 Å². The third-order valence-corrected chi connectivity index (χ3v) is 3.24. The van der Waals surface area contributed by atoms with Gasteiger partial charge in [0.1, 0.15) is 10.7 Å². The highest BCUT2D eigenvalue weighted by molar-refractivity contribution is 7.71. The quantitative estimate of drug-likeness (QED) is 0.859. The molecule has 18 heavy (non-hydrogen) atoms. The standard InChI is InChI=1S/C14H11NO2S/c15-9-14-8-12(11-4-2-1-3-5-11)6-7-13(14)10-18(16)17/h1-8,18H,10H2. The molecule has 0 saturated heterocycles. The summed E-state index contributed by atoms with van der Waals surface area (Å²) in [5, 5.41) is 9.06. The maximum atomic E-state index is 10.7. The predicted octanol–water partition coefficient (Wildman–Crippen LogP) is 2.34. The Morgan fingerprint density at radius 1 is 1.00 bits per heavy atom. The fourth-order valence-electron chi connectivity index (χ4n) is 1.77. The van der Waals surface area contributed by atoms with Crippen molar-refractivity contribution in [2.24, 2.45) is 0 Å². The highest BCUT2D eigenvalue weighted by Crippen LogP contribution is 2.22. The Bertz CT molecular complexity index is 662. The Balaban J connectivity index is 2.46. The molecule has 0 aliphatic rings. The average molecular weight is 257 g/mol. The van der Waals surface area contributed by atoms with Crippen molar-refractivity contribution in [2.45, 2.75) is 5.75 Å². The molecule has 0 bridgehead atoms. The van der Waals surface area contributed by atoms with Crippen LogP contribution in [0.2, 0.25) is 0 Å². The second kappa shape index (κ2) is 5.48. The highest BCUT2D eigenvalue weighted by atomic mass is 32.2. The van der Waals surface area contributed by atoms with Crippen LogP contribution in [0.4, 0.5) is 0 Å². The van der Waals surface area contributed by atoms with Gasteiger partial charge in [0.05, 0.1) is 17.4 Å². The lowest BCUT2D eigenvalue weighted by Crippen LogP contribution is -1.92. The normalized spacial score (nSPS) is 10.2. The molecule has 3 nitrogen and oxygen atoms in total. The molecule has 0 fully saturated rings. The minimum Gasteiger partial charge on any atom is -0.232 e. The third kappa shape index (κ3) is 2.76. The lowest BCUT2D eigenvalue weighted by molar-refractivity contribution is 0.614. The van der Waals surface area contributed by atoms with Crippen LogP contribution in [0.1, 0.15) is 11.1 Å². The summed E-state index contributed by atoms with van der Waals surface area (Å²) in [7, 11) is -2.51. The topological polar surface area (TPSA) is 57.9 Å². The van der Waals surface area contributed by atoms with Crippen molar-refractivity contribution in [3.8, 4) is 17.2 Å². The van der Waals surface area contributed by atoms with Gasteiger partial charge in [0, 0.05) is 0 Å². The molecule has 0 radical (unpaired) electrons. The van der Waals surface area contributed by atoms with Crippen LogP contribution < -0.4 is 0 Å². The molecule has 0 aromatic heterocycles. The second-order valence-corrected chi connectivity index (χ2v) is 4.82. The Morgan fingerprint density at radius 3 is 2.33 bits per heavy atom. The predicted molar refractivity (Wildman–Crippen MR) is 70.6 cm³/mol. The van der Waals surface area contributed by atoms with Gasteiger partial charge >= 0.3 is 0 Å². The molecule has 0 unspecified atom stereocenters. The van der Waals surface area contributed by atoms with Crippen molar-refractivity contribution < 1.29 is 8.42 Å². The van der Waals surface area contributed by atoms with Gasteiger partial charge < -0.3 is 0 Å². The van der Waals surface area contributed by atoms with E-state index in [4.69, 9.17) is 5.26 Å². The molecule has 2 rings (SSSR count). The summed E-state index contributed by atoms with van der Waals surface area (Å²) in [6, 6.07) is 17.0. The van der Waals surface area contributed by atoms with E-state index in [0.29, 0.717) is 11.1 Å². The molecular formula is C14H11NO2S. The zero-order chi connectivity index (χ0) is 13.0. The molecule has 4 heteroatoms. The third-order valence-electron chi connectivity index (χ3n) is 2.64. The molecule has 2 aromatic carbocycles. The number of benzene rings is 2. The Hall–Kier alpha value is -2.12. The van der Waals surface area contributed by atoms with Crippen LogP contribution in [0.15, 0.2) is 48.5 Å². The van der Waals surface area contributed by atoms with Crippen LogP contribution >= 0.6 is 0 Å².